The molecule has 0 aromatic heterocycles. The molecule has 1 saturated carbocycles. The van der Waals surface area contributed by atoms with Crippen molar-refractivity contribution in [1.29, 1.82) is 0 Å². The maximum atomic E-state index is 12.4. The van der Waals surface area contributed by atoms with Crippen LogP contribution in [0.5, 0.6) is 0 Å². The molecule has 114 valence electrons. The maximum Gasteiger partial charge on any atom is 0.334 e. The molecule has 1 heterocycles. The molecule has 0 radical (unpaired) electrons. The van der Waals surface area contributed by atoms with E-state index in [1.54, 1.807) is 4.90 Å². The molecule has 2 atom stereocenters. The quantitative estimate of drug-likeness (QED) is 0.816. The zero-order valence-electron chi connectivity index (χ0n) is 11.9. The molecule has 0 spiro atoms. The van der Waals surface area contributed by atoms with Gasteiger partial charge in [-0.1, -0.05) is 19.8 Å². The van der Waals surface area contributed by atoms with Crippen LogP contribution in [0.1, 0.15) is 39.0 Å². The number of ether oxygens (including phenoxy) is 2. The van der Waals surface area contributed by atoms with Crippen LogP contribution in [0.15, 0.2) is 0 Å². The fourth-order valence-corrected chi connectivity index (χ4v) is 2.79. The van der Waals surface area contributed by atoms with E-state index in [0.29, 0.717) is 13.0 Å². The lowest BCUT2D eigenvalue weighted by molar-refractivity contribution is -0.165. The first-order valence-electron chi connectivity index (χ1n) is 7.40. The predicted molar refractivity (Wildman–Crippen MR) is 71.4 cm³/mol. The van der Waals surface area contributed by atoms with Gasteiger partial charge in [-0.25, -0.2) is 4.79 Å². The Hall–Kier alpha value is -1.14. The van der Waals surface area contributed by atoms with Crippen molar-refractivity contribution in [1.82, 2.24) is 4.90 Å². The van der Waals surface area contributed by atoms with Crippen molar-refractivity contribution in [2.24, 2.45) is 0 Å². The molecule has 1 aliphatic carbocycles. The Bertz CT molecular complexity index is 353. The summed E-state index contributed by atoms with van der Waals surface area (Å²) in [7, 11) is 0. The van der Waals surface area contributed by atoms with Gasteiger partial charge in [0.2, 0.25) is 0 Å². The largest absolute Gasteiger partial charge is 0.479 e. The Labute approximate surface area is 119 Å². The molecule has 1 N–H and O–H groups in total. The van der Waals surface area contributed by atoms with Gasteiger partial charge in [0.25, 0.3) is 5.91 Å². The number of hydrogen-bond donors (Lipinski definition) is 1. The van der Waals surface area contributed by atoms with Crippen LogP contribution in [0.4, 0.5) is 0 Å². The van der Waals surface area contributed by atoms with Crippen molar-refractivity contribution in [3.63, 3.8) is 0 Å². The number of aliphatic carboxylic acids is 1. The lowest BCUT2D eigenvalue weighted by Crippen LogP contribution is -2.52. The third kappa shape index (κ3) is 3.70. The van der Waals surface area contributed by atoms with Crippen LogP contribution in [-0.2, 0) is 19.1 Å². The molecule has 2 unspecified atom stereocenters. The number of carboxylic acids is 1. The molecule has 1 aliphatic heterocycles. The Kier molecular flexibility index (Phi) is 5.37. The second kappa shape index (κ2) is 7.04. The molecule has 1 saturated heterocycles. The van der Waals surface area contributed by atoms with Crippen LogP contribution in [0.3, 0.4) is 0 Å². The number of hydrogen-bond acceptors (Lipinski definition) is 4. The van der Waals surface area contributed by atoms with Crippen LogP contribution >= 0.6 is 0 Å². The molecular formula is C14H23NO5. The highest BCUT2D eigenvalue weighted by Crippen LogP contribution is 2.23. The van der Waals surface area contributed by atoms with Gasteiger partial charge < -0.3 is 19.5 Å². The SMILES string of the molecule is CCC(OC1CCCC1)C(=O)N1CCOC(C(=O)O)C1. The minimum atomic E-state index is -1.02. The van der Waals surface area contributed by atoms with E-state index in [4.69, 9.17) is 14.6 Å². The van der Waals surface area contributed by atoms with E-state index in [1.807, 2.05) is 6.92 Å². The van der Waals surface area contributed by atoms with Crippen LogP contribution in [0.25, 0.3) is 0 Å². The van der Waals surface area contributed by atoms with Gasteiger partial charge in [0.05, 0.1) is 19.3 Å². The average Bonchev–Trinajstić information content (AvgIpc) is 2.97. The van der Waals surface area contributed by atoms with E-state index in [2.05, 4.69) is 0 Å². The highest BCUT2D eigenvalue weighted by molar-refractivity contribution is 5.82. The highest BCUT2D eigenvalue weighted by atomic mass is 16.5. The normalized spacial score (nSPS) is 25.6. The van der Waals surface area contributed by atoms with Gasteiger partial charge in [0.15, 0.2) is 6.10 Å². The highest BCUT2D eigenvalue weighted by Gasteiger charge is 2.33. The van der Waals surface area contributed by atoms with Crippen LogP contribution in [0, 0.1) is 0 Å². The van der Waals surface area contributed by atoms with Crippen molar-refractivity contribution in [2.75, 3.05) is 19.7 Å². The van der Waals surface area contributed by atoms with Crippen molar-refractivity contribution in [3.05, 3.63) is 0 Å². The van der Waals surface area contributed by atoms with Gasteiger partial charge in [0.1, 0.15) is 6.10 Å². The van der Waals surface area contributed by atoms with E-state index >= 15 is 0 Å². The minimum Gasteiger partial charge on any atom is -0.479 e. The second-order valence-corrected chi connectivity index (χ2v) is 5.42. The molecule has 0 aromatic rings. The molecule has 1 amide bonds. The van der Waals surface area contributed by atoms with Gasteiger partial charge in [-0.05, 0) is 19.3 Å². The molecular weight excluding hydrogens is 262 g/mol. The van der Waals surface area contributed by atoms with Gasteiger partial charge in [0, 0.05) is 6.54 Å². The first kappa shape index (κ1) is 15.3. The summed E-state index contributed by atoms with van der Waals surface area (Å²) >= 11 is 0. The molecule has 0 bridgehead atoms. The zero-order chi connectivity index (χ0) is 14.5. The molecule has 2 rings (SSSR count). The summed E-state index contributed by atoms with van der Waals surface area (Å²) in [6.45, 7) is 2.74. The molecule has 6 nitrogen and oxygen atoms in total. The smallest absolute Gasteiger partial charge is 0.334 e. The van der Waals surface area contributed by atoms with Crippen LogP contribution < -0.4 is 0 Å². The summed E-state index contributed by atoms with van der Waals surface area (Å²) in [6, 6.07) is 0. The predicted octanol–water partition coefficient (Wildman–Crippen LogP) is 1.04. The van der Waals surface area contributed by atoms with Crippen LogP contribution in [0.2, 0.25) is 0 Å². The lowest BCUT2D eigenvalue weighted by atomic mass is 10.2. The lowest BCUT2D eigenvalue weighted by Gasteiger charge is -2.33. The fraction of sp³-hybridized carbons (Fsp3) is 0.857. The van der Waals surface area contributed by atoms with Crippen molar-refractivity contribution in [2.45, 2.75) is 57.3 Å². The summed E-state index contributed by atoms with van der Waals surface area (Å²) in [4.78, 5) is 24.9. The minimum absolute atomic E-state index is 0.103. The molecule has 2 aliphatic rings. The molecule has 2 fully saturated rings. The van der Waals surface area contributed by atoms with Crippen molar-refractivity contribution in [3.8, 4) is 0 Å². The topological polar surface area (TPSA) is 76.1 Å². The summed E-state index contributed by atoms with van der Waals surface area (Å²) in [5.41, 5.74) is 0. The fourth-order valence-electron chi connectivity index (χ4n) is 2.79. The number of carboxylic acid groups (broad SMARTS) is 1. The van der Waals surface area contributed by atoms with Gasteiger partial charge in [-0.15, -0.1) is 0 Å². The average molecular weight is 285 g/mol. The second-order valence-electron chi connectivity index (χ2n) is 5.42. The number of amides is 1. The Morgan fingerprint density at radius 3 is 2.70 bits per heavy atom. The van der Waals surface area contributed by atoms with E-state index in [-0.39, 0.29) is 25.2 Å². The van der Waals surface area contributed by atoms with Crippen molar-refractivity contribution >= 4 is 11.9 Å². The summed E-state index contributed by atoms with van der Waals surface area (Å²) in [6.07, 6.45) is 3.78. The monoisotopic (exact) mass is 285 g/mol. The standard InChI is InChI=1S/C14H23NO5/c1-2-11(20-10-5-3-4-6-10)13(16)15-7-8-19-12(9-15)14(17)18/h10-12H,2-9H2,1H3,(H,17,18). The third-order valence-corrected chi connectivity index (χ3v) is 3.96. The van der Waals surface area contributed by atoms with Crippen molar-refractivity contribution < 1.29 is 24.2 Å². The Morgan fingerprint density at radius 1 is 1.40 bits per heavy atom. The first-order valence-corrected chi connectivity index (χ1v) is 7.40. The van der Waals surface area contributed by atoms with E-state index < -0.39 is 18.2 Å². The number of carbonyl (C=O) groups excluding carboxylic acids is 1. The van der Waals surface area contributed by atoms with E-state index in [1.165, 1.54) is 0 Å². The van der Waals surface area contributed by atoms with Gasteiger partial charge in [-0.2, -0.15) is 0 Å². The number of rotatable bonds is 5. The van der Waals surface area contributed by atoms with E-state index in [0.717, 1.165) is 25.7 Å². The molecule has 6 heteroatoms. The van der Waals surface area contributed by atoms with Gasteiger partial charge >= 0.3 is 5.97 Å². The van der Waals surface area contributed by atoms with E-state index in [9.17, 15) is 9.59 Å². The summed E-state index contributed by atoms with van der Waals surface area (Å²) < 4.78 is 11.0. The first-order chi connectivity index (χ1) is 9.61. The molecule has 0 aromatic carbocycles. The molecule has 20 heavy (non-hydrogen) atoms. The Morgan fingerprint density at radius 2 is 2.10 bits per heavy atom. The zero-order valence-corrected chi connectivity index (χ0v) is 11.9. The summed E-state index contributed by atoms with van der Waals surface area (Å²) in [5, 5.41) is 8.97. The number of morpholine rings is 1. The maximum absolute atomic E-state index is 12.4. The number of carbonyl (C=O) groups is 2. The number of nitrogens with zero attached hydrogens (tertiary/aromatic N) is 1. The summed E-state index contributed by atoms with van der Waals surface area (Å²) in [5.74, 6) is -1.12. The Balaban J connectivity index is 1.91. The van der Waals surface area contributed by atoms with Gasteiger partial charge in [-0.3, -0.25) is 4.79 Å². The third-order valence-electron chi connectivity index (χ3n) is 3.96. The van der Waals surface area contributed by atoms with Crippen LogP contribution in [-0.4, -0.2) is 59.9 Å².